The van der Waals surface area contributed by atoms with Crippen LogP contribution in [-0.2, 0) is 5.41 Å². The van der Waals surface area contributed by atoms with Crippen LogP contribution in [0.2, 0.25) is 0 Å². The molecule has 0 nitrogen and oxygen atoms in total. The van der Waals surface area contributed by atoms with Crippen molar-refractivity contribution in [3.63, 3.8) is 0 Å². The summed E-state index contributed by atoms with van der Waals surface area (Å²) in [7, 11) is 0. The molecule has 0 amide bonds. The summed E-state index contributed by atoms with van der Waals surface area (Å²) in [6.45, 7) is 0. The lowest BCUT2D eigenvalue weighted by atomic mass is 9.58. The molecule has 2 atom stereocenters. The Bertz CT molecular complexity index is 1100. The zero-order valence-electron chi connectivity index (χ0n) is 13.2. The predicted octanol–water partition coefficient (Wildman–Crippen LogP) is 5.75. The summed E-state index contributed by atoms with van der Waals surface area (Å²) in [5.41, 5.74) is 7.05. The van der Waals surface area contributed by atoms with Gasteiger partial charge in [-0.05, 0) is 38.6 Å². The van der Waals surface area contributed by atoms with Crippen molar-refractivity contribution in [2.45, 2.75) is 11.3 Å². The third-order valence-corrected chi connectivity index (χ3v) is 5.90. The molecule has 112 valence electrons. The van der Waals surface area contributed by atoms with Gasteiger partial charge in [0.15, 0.2) is 0 Å². The maximum atomic E-state index is 2.40. The van der Waals surface area contributed by atoms with Crippen LogP contribution < -0.4 is 0 Å². The molecule has 0 heterocycles. The van der Waals surface area contributed by atoms with E-state index in [0.717, 1.165) is 0 Å². The largest absolute Gasteiger partial charge is 0.0726 e. The molecule has 4 aliphatic rings. The molecule has 0 fully saturated rings. The van der Waals surface area contributed by atoms with E-state index < -0.39 is 0 Å². The second kappa shape index (κ2) is 4.15. The highest BCUT2D eigenvalue weighted by Crippen LogP contribution is 2.55. The minimum atomic E-state index is -0.112. The van der Waals surface area contributed by atoms with Gasteiger partial charge in [-0.2, -0.15) is 0 Å². The molecule has 0 radical (unpaired) electrons. The molecule has 0 bridgehead atoms. The Morgan fingerprint density at radius 2 is 1.75 bits per heavy atom. The van der Waals surface area contributed by atoms with Crippen molar-refractivity contribution < 1.29 is 0 Å². The van der Waals surface area contributed by atoms with Gasteiger partial charge in [0, 0.05) is 5.92 Å². The Hall–Kier alpha value is -2.86. The lowest BCUT2D eigenvalue weighted by Gasteiger charge is -2.44. The van der Waals surface area contributed by atoms with E-state index in [9.17, 15) is 0 Å². The number of allylic oxidation sites excluding steroid dienone is 11. The minimum absolute atomic E-state index is 0.112. The molecule has 4 aliphatic carbocycles. The summed E-state index contributed by atoms with van der Waals surface area (Å²) >= 11 is 0. The molecule has 0 N–H and O–H groups in total. The zero-order chi connectivity index (χ0) is 15.7. The Balaban J connectivity index is 1.86. The van der Waals surface area contributed by atoms with Gasteiger partial charge >= 0.3 is 0 Å². The van der Waals surface area contributed by atoms with Crippen LogP contribution in [0.4, 0.5) is 0 Å². The number of benzene rings is 2. The summed E-state index contributed by atoms with van der Waals surface area (Å²) in [4.78, 5) is 0. The van der Waals surface area contributed by atoms with Gasteiger partial charge in [0.05, 0.1) is 5.41 Å². The number of rotatable bonds is 0. The summed E-state index contributed by atoms with van der Waals surface area (Å²) in [6.07, 6.45) is 22.8. The van der Waals surface area contributed by atoms with E-state index in [1.807, 2.05) is 0 Å². The van der Waals surface area contributed by atoms with Crippen LogP contribution in [0.15, 0.2) is 96.2 Å². The predicted molar refractivity (Wildman–Crippen MR) is 101 cm³/mol. The number of fused-ring (bicyclic) bond motifs is 2. The van der Waals surface area contributed by atoms with Crippen LogP contribution >= 0.6 is 0 Å². The molecular formula is C24H16. The molecule has 24 heavy (non-hydrogen) atoms. The summed E-state index contributed by atoms with van der Waals surface area (Å²) in [5, 5.41) is 2.77. The Morgan fingerprint density at radius 3 is 2.75 bits per heavy atom. The maximum Gasteiger partial charge on any atom is 0.0581 e. The first kappa shape index (κ1) is 12.5. The van der Waals surface area contributed by atoms with Gasteiger partial charge in [-0.25, -0.2) is 0 Å². The third kappa shape index (κ3) is 1.32. The number of hydrogen-bond donors (Lipinski definition) is 0. The van der Waals surface area contributed by atoms with E-state index in [0.29, 0.717) is 5.92 Å². The highest BCUT2D eigenvalue weighted by molar-refractivity contribution is 6.00. The van der Waals surface area contributed by atoms with Crippen LogP contribution in [0, 0.1) is 0 Å². The van der Waals surface area contributed by atoms with Crippen LogP contribution in [0.5, 0.6) is 0 Å². The average Bonchev–Trinajstić information content (AvgIpc) is 2.66. The van der Waals surface area contributed by atoms with Crippen molar-refractivity contribution in [3.05, 3.63) is 113 Å². The molecule has 2 aromatic carbocycles. The lowest BCUT2D eigenvalue weighted by Crippen LogP contribution is -2.34. The maximum absolute atomic E-state index is 2.40. The van der Waals surface area contributed by atoms with Gasteiger partial charge in [0.25, 0.3) is 0 Å². The average molecular weight is 304 g/mol. The first-order valence-corrected chi connectivity index (χ1v) is 8.59. The molecule has 1 spiro atoms. The molecule has 0 saturated carbocycles. The zero-order valence-corrected chi connectivity index (χ0v) is 13.2. The lowest BCUT2D eigenvalue weighted by molar-refractivity contribution is 0.739. The van der Waals surface area contributed by atoms with E-state index in [-0.39, 0.29) is 5.41 Å². The molecular weight excluding hydrogens is 288 g/mol. The Kier molecular flexibility index (Phi) is 2.17. The van der Waals surface area contributed by atoms with Gasteiger partial charge in [0.1, 0.15) is 0 Å². The van der Waals surface area contributed by atoms with Gasteiger partial charge in [-0.1, -0.05) is 91.1 Å². The van der Waals surface area contributed by atoms with Crippen molar-refractivity contribution in [1.29, 1.82) is 0 Å². The molecule has 2 aromatic rings. The van der Waals surface area contributed by atoms with Crippen LogP contribution in [0.1, 0.15) is 22.6 Å². The van der Waals surface area contributed by atoms with Gasteiger partial charge in [-0.15, -0.1) is 0 Å². The standard InChI is InChI=1S/C24H16/c1-2-9-19-18(8-1)20-12-11-16-6-5-7-17-13-15-24(23(20)22(16)17)14-4-3-10-21(19)24/h1-15,18H. The van der Waals surface area contributed by atoms with E-state index in [1.165, 1.54) is 38.6 Å². The molecule has 0 heteroatoms. The molecule has 0 aromatic heterocycles. The highest BCUT2D eigenvalue weighted by atomic mass is 14.5. The molecule has 2 unspecified atom stereocenters. The van der Waals surface area contributed by atoms with Crippen LogP contribution in [0.25, 0.3) is 16.8 Å². The second-order valence-electron chi connectivity index (χ2n) is 6.99. The quantitative estimate of drug-likeness (QED) is 0.581. The van der Waals surface area contributed by atoms with Crippen molar-refractivity contribution in [2.75, 3.05) is 0 Å². The van der Waals surface area contributed by atoms with Crippen LogP contribution in [-0.4, -0.2) is 0 Å². The second-order valence-corrected chi connectivity index (χ2v) is 6.99. The molecule has 0 saturated heterocycles. The normalized spacial score (nSPS) is 27.6. The molecule has 6 rings (SSSR count). The third-order valence-electron chi connectivity index (χ3n) is 5.90. The van der Waals surface area contributed by atoms with Crippen LogP contribution in [0.3, 0.4) is 0 Å². The monoisotopic (exact) mass is 304 g/mol. The Labute approximate surface area is 141 Å². The SMILES string of the molecule is C1=CC2=C3C=CC=CC34C=Cc3cccc5ccc(c4c35)C2C=C1. The Morgan fingerprint density at radius 1 is 0.792 bits per heavy atom. The minimum Gasteiger partial charge on any atom is -0.0726 e. The summed E-state index contributed by atoms with van der Waals surface area (Å²) in [6, 6.07) is 11.3. The van der Waals surface area contributed by atoms with Crippen molar-refractivity contribution in [1.82, 2.24) is 0 Å². The van der Waals surface area contributed by atoms with Gasteiger partial charge < -0.3 is 0 Å². The highest BCUT2D eigenvalue weighted by Gasteiger charge is 2.43. The fraction of sp³-hybridized carbons (Fsp3) is 0.0833. The fourth-order valence-corrected chi connectivity index (χ4v) is 4.93. The number of hydrogen-bond acceptors (Lipinski definition) is 0. The molecule has 0 aliphatic heterocycles. The summed E-state index contributed by atoms with van der Waals surface area (Å²) in [5.74, 6) is 0.369. The van der Waals surface area contributed by atoms with E-state index in [2.05, 4.69) is 91.1 Å². The van der Waals surface area contributed by atoms with Crippen molar-refractivity contribution in [2.24, 2.45) is 0 Å². The van der Waals surface area contributed by atoms with Crippen molar-refractivity contribution >= 4 is 16.8 Å². The van der Waals surface area contributed by atoms with Gasteiger partial charge in [0.2, 0.25) is 0 Å². The van der Waals surface area contributed by atoms with E-state index in [4.69, 9.17) is 0 Å². The van der Waals surface area contributed by atoms with E-state index >= 15 is 0 Å². The first-order valence-electron chi connectivity index (χ1n) is 8.59. The smallest absolute Gasteiger partial charge is 0.0581 e. The first-order chi connectivity index (χ1) is 11.9. The summed E-state index contributed by atoms with van der Waals surface area (Å²) < 4.78 is 0. The van der Waals surface area contributed by atoms with E-state index in [1.54, 1.807) is 0 Å². The van der Waals surface area contributed by atoms with Gasteiger partial charge in [-0.3, -0.25) is 0 Å². The van der Waals surface area contributed by atoms with Crippen molar-refractivity contribution in [3.8, 4) is 0 Å². The fourth-order valence-electron chi connectivity index (χ4n) is 4.93. The topological polar surface area (TPSA) is 0 Å².